The van der Waals surface area contributed by atoms with E-state index in [0.29, 0.717) is 18.2 Å². The zero-order valence-electron chi connectivity index (χ0n) is 17.0. The standard InChI is InChI=1S/C20H27F3N4O2S/c1-14(2)30(28,29)26-16-6-4-15(5-7-16)13-24-17-8-9-18(20(21,22)23)19(12-17)27-11-3-10-25-27/h3,8-12,14-16,24,26H,4-7,13H2,1-2H3/t15-,16-. The van der Waals surface area contributed by atoms with E-state index >= 15 is 0 Å². The molecule has 1 fully saturated rings. The van der Waals surface area contributed by atoms with Crippen molar-refractivity contribution in [1.29, 1.82) is 0 Å². The number of benzene rings is 1. The average Bonchev–Trinajstić information content (AvgIpc) is 3.21. The molecule has 30 heavy (non-hydrogen) atoms. The lowest BCUT2D eigenvalue weighted by molar-refractivity contribution is -0.137. The van der Waals surface area contributed by atoms with Gasteiger partial charge in [-0.05, 0) is 69.7 Å². The average molecular weight is 445 g/mol. The number of hydrogen-bond donors (Lipinski definition) is 2. The normalized spacial score (nSPS) is 20.5. The molecule has 10 heteroatoms. The Morgan fingerprint density at radius 2 is 1.90 bits per heavy atom. The second-order valence-electron chi connectivity index (χ2n) is 7.99. The zero-order valence-corrected chi connectivity index (χ0v) is 17.8. The molecule has 1 heterocycles. The zero-order chi connectivity index (χ0) is 21.9. The molecule has 0 bridgehead atoms. The fraction of sp³-hybridized carbons (Fsp3) is 0.550. The smallest absolute Gasteiger partial charge is 0.385 e. The van der Waals surface area contributed by atoms with Crippen molar-refractivity contribution in [1.82, 2.24) is 14.5 Å². The van der Waals surface area contributed by atoms with Gasteiger partial charge in [-0.2, -0.15) is 18.3 Å². The third-order valence-corrected chi connectivity index (χ3v) is 7.35. The fourth-order valence-electron chi connectivity index (χ4n) is 3.60. The molecule has 2 N–H and O–H groups in total. The van der Waals surface area contributed by atoms with Crippen molar-refractivity contribution >= 4 is 15.7 Å². The van der Waals surface area contributed by atoms with Crippen molar-refractivity contribution in [2.45, 2.75) is 57.0 Å². The van der Waals surface area contributed by atoms with Gasteiger partial charge in [0.05, 0.1) is 16.5 Å². The quantitative estimate of drug-likeness (QED) is 0.672. The van der Waals surface area contributed by atoms with E-state index in [1.165, 1.54) is 29.2 Å². The molecular formula is C20H27F3N4O2S. The third-order valence-electron chi connectivity index (χ3n) is 5.45. The monoisotopic (exact) mass is 444 g/mol. The van der Waals surface area contributed by atoms with E-state index in [9.17, 15) is 21.6 Å². The summed E-state index contributed by atoms with van der Waals surface area (Å²) >= 11 is 0. The maximum atomic E-state index is 13.3. The minimum Gasteiger partial charge on any atom is -0.385 e. The Bertz CT molecular complexity index is 935. The topological polar surface area (TPSA) is 76.0 Å². The molecule has 1 aliphatic rings. The first kappa shape index (κ1) is 22.6. The second kappa shape index (κ2) is 8.97. The highest BCUT2D eigenvalue weighted by Gasteiger charge is 2.34. The van der Waals surface area contributed by atoms with Gasteiger partial charge in [0.15, 0.2) is 0 Å². The second-order valence-corrected chi connectivity index (χ2v) is 10.3. The molecule has 0 unspecified atom stereocenters. The molecule has 1 aliphatic carbocycles. The van der Waals surface area contributed by atoms with E-state index in [0.717, 1.165) is 31.7 Å². The lowest BCUT2D eigenvalue weighted by Gasteiger charge is -2.30. The van der Waals surface area contributed by atoms with Crippen LogP contribution in [0.1, 0.15) is 45.1 Å². The highest BCUT2D eigenvalue weighted by molar-refractivity contribution is 7.90. The lowest BCUT2D eigenvalue weighted by atomic mass is 9.86. The molecule has 0 saturated heterocycles. The van der Waals surface area contributed by atoms with E-state index in [1.54, 1.807) is 19.9 Å². The molecule has 166 valence electrons. The molecule has 1 saturated carbocycles. The van der Waals surface area contributed by atoms with E-state index in [2.05, 4.69) is 15.1 Å². The van der Waals surface area contributed by atoms with E-state index < -0.39 is 27.0 Å². The van der Waals surface area contributed by atoms with Crippen LogP contribution in [0.15, 0.2) is 36.7 Å². The van der Waals surface area contributed by atoms with Gasteiger partial charge in [-0.25, -0.2) is 17.8 Å². The summed E-state index contributed by atoms with van der Waals surface area (Å²) in [4.78, 5) is 0. The first-order valence-corrected chi connectivity index (χ1v) is 11.6. The molecule has 6 nitrogen and oxygen atoms in total. The predicted octanol–water partition coefficient (Wildman–Crippen LogP) is 4.19. The maximum Gasteiger partial charge on any atom is 0.418 e. The van der Waals surface area contributed by atoms with Crippen LogP contribution in [0.3, 0.4) is 0 Å². The number of hydrogen-bond acceptors (Lipinski definition) is 4. The molecule has 0 atom stereocenters. The molecule has 0 spiro atoms. The number of anilines is 1. The number of sulfonamides is 1. The van der Waals surface area contributed by atoms with Gasteiger partial charge in [0.25, 0.3) is 0 Å². The Morgan fingerprint density at radius 1 is 1.20 bits per heavy atom. The van der Waals surface area contributed by atoms with Crippen molar-refractivity contribution in [3.05, 3.63) is 42.2 Å². The summed E-state index contributed by atoms with van der Waals surface area (Å²) in [7, 11) is -3.28. The van der Waals surface area contributed by atoms with Gasteiger partial charge in [0.2, 0.25) is 10.0 Å². The van der Waals surface area contributed by atoms with E-state index in [4.69, 9.17) is 0 Å². The van der Waals surface area contributed by atoms with Crippen LogP contribution in [0.2, 0.25) is 0 Å². The number of nitrogens with zero attached hydrogens (tertiary/aromatic N) is 2. The van der Waals surface area contributed by atoms with Crippen LogP contribution >= 0.6 is 0 Å². The van der Waals surface area contributed by atoms with Crippen molar-refractivity contribution in [2.75, 3.05) is 11.9 Å². The maximum absolute atomic E-state index is 13.3. The molecule has 3 rings (SSSR count). The predicted molar refractivity (Wildman–Crippen MR) is 110 cm³/mol. The van der Waals surface area contributed by atoms with Crippen molar-refractivity contribution in [3.8, 4) is 5.69 Å². The van der Waals surface area contributed by atoms with Crippen molar-refractivity contribution in [3.63, 3.8) is 0 Å². The number of aromatic nitrogens is 2. The Hall–Kier alpha value is -2.07. The summed E-state index contributed by atoms with van der Waals surface area (Å²) in [5.41, 5.74) is -0.171. The SMILES string of the molecule is CC(C)S(=O)(=O)N[C@H]1CC[C@H](CNc2ccc(C(F)(F)F)c(-n3cccn3)c2)CC1. The Labute approximate surface area is 174 Å². The third kappa shape index (κ3) is 5.54. The van der Waals surface area contributed by atoms with Crippen LogP contribution < -0.4 is 10.0 Å². The number of halogens is 3. The summed E-state index contributed by atoms with van der Waals surface area (Å²) in [5.74, 6) is 0.334. The van der Waals surface area contributed by atoms with Gasteiger partial charge in [-0.3, -0.25) is 0 Å². The molecule has 0 amide bonds. The fourth-order valence-corrected chi connectivity index (χ4v) is 4.57. The number of rotatable bonds is 7. The Balaban J connectivity index is 1.60. The molecular weight excluding hydrogens is 417 g/mol. The van der Waals surface area contributed by atoms with Gasteiger partial charge < -0.3 is 5.32 Å². The molecule has 2 aromatic rings. The summed E-state index contributed by atoms with van der Waals surface area (Å²) in [5, 5.41) is 6.71. The van der Waals surface area contributed by atoms with Crippen molar-refractivity contribution < 1.29 is 21.6 Å². The first-order chi connectivity index (χ1) is 14.1. The molecule has 1 aromatic heterocycles. The van der Waals surface area contributed by atoms with Gasteiger partial charge >= 0.3 is 6.18 Å². The minimum absolute atomic E-state index is 0.0238. The number of nitrogens with one attached hydrogen (secondary N) is 2. The largest absolute Gasteiger partial charge is 0.418 e. The molecule has 1 aromatic carbocycles. The molecule has 0 radical (unpaired) electrons. The van der Waals surface area contributed by atoms with Crippen LogP contribution in [0, 0.1) is 5.92 Å². The van der Waals surface area contributed by atoms with Crippen LogP contribution in [0.4, 0.5) is 18.9 Å². The molecule has 0 aliphatic heterocycles. The van der Waals surface area contributed by atoms with Gasteiger partial charge in [0.1, 0.15) is 0 Å². The highest BCUT2D eigenvalue weighted by Crippen LogP contribution is 2.35. The summed E-state index contributed by atoms with van der Waals surface area (Å²) in [6, 6.07) is 5.48. The minimum atomic E-state index is -4.47. The Kier molecular flexibility index (Phi) is 6.76. The highest BCUT2D eigenvalue weighted by atomic mass is 32.2. The first-order valence-electron chi connectivity index (χ1n) is 10.0. The summed E-state index contributed by atoms with van der Waals surface area (Å²) < 4.78 is 68.0. The van der Waals surface area contributed by atoms with Crippen LogP contribution in [-0.4, -0.2) is 36.0 Å². The van der Waals surface area contributed by atoms with Gasteiger partial charge in [-0.15, -0.1) is 0 Å². The van der Waals surface area contributed by atoms with Crippen molar-refractivity contribution in [2.24, 2.45) is 5.92 Å². The lowest BCUT2D eigenvalue weighted by Crippen LogP contribution is -2.41. The van der Waals surface area contributed by atoms with Crippen LogP contribution in [-0.2, 0) is 16.2 Å². The van der Waals surface area contributed by atoms with Crippen LogP contribution in [0.25, 0.3) is 5.69 Å². The summed E-state index contributed by atoms with van der Waals surface area (Å²) in [6.07, 6.45) is 1.66. The van der Waals surface area contributed by atoms with Gasteiger partial charge in [0, 0.05) is 30.7 Å². The Morgan fingerprint density at radius 3 is 2.47 bits per heavy atom. The van der Waals surface area contributed by atoms with Gasteiger partial charge in [-0.1, -0.05) is 0 Å². The van der Waals surface area contributed by atoms with Crippen LogP contribution in [0.5, 0.6) is 0 Å². The summed E-state index contributed by atoms with van der Waals surface area (Å²) in [6.45, 7) is 3.92. The number of alkyl halides is 3. The van der Waals surface area contributed by atoms with E-state index in [-0.39, 0.29) is 11.7 Å². The van der Waals surface area contributed by atoms with E-state index in [1.807, 2.05) is 0 Å².